The van der Waals surface area contributed by atoms with Crippen molar-refractivity contribution in [3.8, 4) is 5.75 Å². The van der Waals surface area contributed by atoms with Crippen LogP contribution in [0.1, 0.15) is 31.7 Å². The van der Waals surface area contributed by atoms with Crippen LogP contribution in [-0.2, 0) is 6.42 Å². The number of halogens is 1. The van der Waals surface area contributed by atoms with E-state index in [-0.39, 0.29) is 6.04 Å². The summed E-state index contributed by atoms with van der Waals surface area (Å²) < 4.78 is 7.01. The molecular weight excluding hydrogens is 278 g/mol. The van der Waals surface area contributed by atoms with Crippen molar-refractivity contribution in [2.45, 2.75) is 38.6 Å². The highest BCUT2D eigenvalue weighted by Crippen LogP contribution is 2.29. The van der Waals surface area contributed by atoms with Crippen LogP contribution in [-0.4, -0.2) is 12.6 Å². The van der Waals surface area contributed by atoms with Crippen molar-refractivity contribution < 1.29 is 4.74 Å². The first-order chi connectivity index (χ1) is 8.15. The fraction of sp³-hybridized carbons (Fsp3) is 0.571. The quantitative estimate of drug-likeness (QED) is 0.902. The van der Waals surface area contributed by atoms with E-state index < -0.39 is 0 Å². The van der Waals surface area contributed by atoms with Crippen LogP contribution in [0.5, 0.6) is 5.75 Å². The van der Waals surface area contributed by atoms with Gasteiger partial charge < -0.3 is 10.5 Å². The molecule has 1 saturated carbocycles. The van der Waals surface area contributed by atoms with Crippen molar-refractivity contribution in [2.75, 3.05) is 6.61 Å². The van der Waals surface area contributed by atoms with E-state index in [1.54, 1.807) is 0 Å². The van der Waals surface area contributed by atoms with E-state index in [0.29, 0.717) is 0 Å². The lowest BCUT2D eigenvalue weighted by Crippen LogP contribution is -2.21. The largest absolute Gasteiger partial charge is 0.493 e. The average Bonchev–Trinajstić information content (AvgIpc) is 2.17. The van der Waals surface area contributed by atoms with Crippen molar-refractivity contribution in [1.29, 1.82) is 0 Å². The lowest BCUT2D eigenvalue weighted by atomic mass is 9.86. The molecule has 1 unspecified atom stereocenters. The Labute approximate surface area is 112 Å². The summed E-state index contributed by atoms with van der Waals surface area (Å²) in [6.45, 7) is 2.88. The second-order valence-corrected chi connectivity index (χ2v) is 5.96. The predicted molar refractivity (Wildman–Crippen MR) is 74.3 cm³/mol. The molecule has 94 valence electrons. The van der Waals surface area contributed by atoms with Gasteiger partial charge in [0.1, 0.15) is 5.75 Å². The summed E-state index contributed by atoms with van der Waals surface area (Å²) in [7, 11) is 0. The molecule has 17 heavy (non-hydrogen) atoms. The minimum absolute atomic E-state index is 0.162. The third-order valence-corrected chi connectivity index (χ3v) is 3.76. The summed E-state index contributed by atoms with van der Waals surface area (Å²) in [5.74, 6) is 1.76. The molecule has 0 bridgehead atoms. The van der Waals surface area contributed by atoms with E-state index in [2.05, 4.69) is 22.0 Å². The summed E-state index contributed by atoms with van der Waals surface area (Å²) >= 11 is 3.49. The smallest absolute Gasteiger partial charge is 0.122 e. The number of ether oxygens (including phenoxy) is 1. The average molecular weight is 298 g/mol. The zero-order valence-corrected chi connectivity index (χ0v) is 11.9. The van der Waals surface area contributed by atoms with Crippen LogP contribution in [0, 0.1) is 5.92 Å². The Morgan fingerprint density at radius 1 is 1.47 bits per heavy atom. The Morgan fingerprint density at radius 2 is 2.24 bits per heavy atom. The Morgan fingerprint density at radius 3 is 2.82 bits per heavy atom. The zero-order chi connectivity index (χ0) is 12.3. The monoisotopic (exact) mass is 297 g/mol. The third kappa shape index (κ3) is 3.71. The molecule has 1 aliphatic carbocycles. The van der Waals surface area contributed by atoms with Gasteiger partial charge in [-0.15, -0.1) is 0 Å². The molecule has 0 spiro atoms. The normalized spacial score (nSPS) is 17.6. The molecule has 3 heteroatoms. The van der Waals surface area contributed by atoms with E-state index >= 15 is 0 Å². The van der Waals surface area contributed by atoms with Gasteiger partial charge in [0.05, 0.1) is 6.61 Å². The van der Waals surface area contributed by atoms with Gasteiger partial charge in [0.25, 0.3) is 0 Å². The second kappa shape index (κ2) is 5.87. The van der Waals surface area contributed by atoms with E-state index in [9.17, 15) is 0 Å². The summed E-state index contributed by atoms with van der Waals surface area (Å²) in [5.41, 5.74) is 7.07. The van der Waals surface area contributed by atoms with Gasteiger partial charge in [-0.25, -0.2) is 0 Å². The first-order valence-electron chi connectivity index (χ1n) is 6.32. The minimum Gasteiger partial charge on any atom is -0.493 e. The highest BCUT2D eigenvalue weighted by atomic mass is 79.9. The lowest BCUT2D eigenvalue weighted by Gasteiger charge is -2.26. The van der Waals surface area contributed by atoms with E-state index in [1.807, 2.05) is 19.1 Å². The molecule has 1 aromatic carbocycles. The molecule has 1 aromatic rings. The number of nitrogens with two attached hydrogens (primary N) is 1. The van der Waals surface area contributed by atoms with E-state index in [4.69, 9.17) is 10.5 Å². The van der Waals surface area contributed by atoms with Crippen LogP contribution >= 0.6 is 15.9 Å². The molecule has 0 aromatic heterocycles. The SMILES string of the molecule is CC(N)Cc1cc(Br)ccc1OCC1CCC1. The van der Waals surface area contributed by atoms with Crippen LogP contribution in [0.25, 0.3) is 0 Å². The molecule has 1 atom stereocenters. The Hall–Kier alpha value is -0.540. The van der Waals surface area contributed by atoms with Crippen molar-refractivity contribution in [3.05, 3.63) is 28.2 Å². The minimum atomic E-state index is 0.162. The molecule has 1 aliphatic rings. The van der Waals surface area contributed by atoms with Gasteiger partial charge >= 0.3 is 0 Å². The number of hydrogen-bond donors (Lipinski definition) is 1. The second-order valence-electron chi connectivity index (χ2n) is 5.04. The Balaban J connectivity index is 2.02. The molecule has 0 radical (unpaired) electrons. The van der Waals surface area contributed by atoms with Crippen LogP contribution < -0.4 is 10.5 Å². The Kier molecular flexibility index (Phi) is 4.46. The molecule has 0 saturated heterocycles. The number of hydrogen-bond acceptors (Lipinski definition) is 2. The van der Waals surface area contributed by atoms with Gasteiger partial charge in [-0.2, -0.15) is 0 Å². The number of benzene rings is 1. The van der Waals surface area contributed by atoms with Gasteiger partial charge in [0, 0.05) is 10.5 Å². The van der Waals surface area contributed by atoms with Gasteiger partial charge in [-0.3, -0.25) is 0 Å². The maximum Gasteiger partial charge on any atom is 0.122 e. The molecule has 2 rings (SSSR count). The van der Waals surface area contributed by atoms with Crippen molar-refractivity contribution >= 4 is 15.9 Å². The third-order valence-electron chi connectivity index (χ3n) is 3.26. The van der Waals surface area contributed by atoms with Crippen LogP contribution in [0.4, 0.5) is 0 Å². The molecule has 1 fully saturated rings. The lowest BCUT2D eigenvalue weighted by molar-refractivity contribution is 0.179. The van der Waals surface area contributed by atoms with Crippen LogP contribution in [0.3, 0.4) is 0 Å². The molecular formula is C14H20BrNO. The van der Waals surface area contributed by atoms with E-state index in [0.717, 1.165) is 29.2 Å². The maximum absolute atomic E-state index is 5.92. The first kappa shape index (κ1) is 12.9. The highest BCUT2D eigenvalue weighted by molar-refractivity contribution is 9.10. The summed E-state index contributed by atoms with van der Waals surface area (Å²) in [4.78, 5) is 0. The fourth-order valence-corrected chi connectivity index (χ4v) is 2.47. The van der Waals surface area contributed by atoms with Gasteiger partial charge in [-0.1, -0.05) is 22.4 Å². The van der Waals surface area contributed by atoms with Gasteiger partial charge in [0.15, 0.2) is 0 Å². The van der Waals surface area contributed by atoms with E-state index in [1.165, 1.54) is 24.8 Å². The molecule has 2 N–H and O–H groups in total. The summed E-state index contributed by atoms with van der Waals surface area (Å²) in [6.07, 6.45) is 4.86. The Bertz CT molecular complexity index is 374. The van der Waals surface area contributed by atoms with Crippen LogP contribution in [0.2, 0.25) is 0 Å². The molecule has 0 aliphatic heterocycles. The predicted octanol–water partition coefficient (Wildman–Crippen LogP) is 3.52. The summed E-state index contributed by atoms with van der Waals surface area (Å²) in [5, 5.41) is 0. The van der Waals surface area contributed by atoms with Crippen molar-refractivity contribution in [1.82, 2.24) is 0 Å². The zero-order valence-electron chi connectivity index (χ0n) is 10.3. The molecule has 0 amide bonds. The standard InChI is InChI=1S/C14H20BrNO/c1-10(16)7-12-8-13(15)5-6-14(12)17-9-11-3-2-4-11/h5-6,8,10-11H,2-4,7,9,16H2,1H3. The van der Waals surface area contributed by atoms with Gasteiger partial charge in [-0.05, 0) is 55.9 Å². The number of rotatable bonds is 5. The maximum atomic E-state index is 5.92. The fourth-order valence-electron chi connectivity index (χ4n) is 2.06. The molecule has 2 nitrogen and oxygen atoms in total. The van der Waals surface area contributed by atoms with Gasteiger partial charge in [0.2, 0.25) is 0 Å². The van der Waals surface area contributed by atoms with Crippen LogP contribution in [0.15, 0.2) is 22.7 Å². The van der Waals surface area contributed by atoms with Crippen molar-refractivity contribution in [3.63, 3.8) is 0 Å². The summed E-state index contributed by atoms with van der Waals surface area (Å²) in [6, 6.07) is 6.34. The highest BCUT2D eigenvalue weighted by Gasteiger charge is 2.18. The first-order valence-corrected chi connectivity index (χ1v) is 7.11. The topological polar surface area (TPSA) is 35.2 Å². The molecule has 0 heterocycles. The van der Waals surface area contributed by atoms with Crippen molar-refractivity contribution in [2.24, 2.45) is 11.7 Å².